The molecule has 0 atom stereocenters. The lowest BCUT2D eigenvalue weighted by Gasteiger charge is -2.10. The maximum absolute atomic E-state index is 5.53. The van der Waals surface area contributed by atoms with Crippen molar-refractivity contribution in [1.82, 2.24) is 9.55 Å². The van der Waals surface area contributed by atoms with E-state index in [0.29, 0.717) is 4.77 Å². The van der Waals surface area contributed by atoms with Crippen molar-refractivity contribution in [3.05, 3.63) is 69.9 Å². The van der Waals surface area contributed by atoms with Gasteiger partial charge in [0.1, 0.15) is 0 Å². The highest BCUT2D eigenvalue weighted by Crippen LogP contribution is 2.31. The minimum Gasteiger partial charge on any atom is -0.330 e. The number of nitrogens with one attached hydrogen (secondary N) is 1. The first kappa shape index (κ1) is 12.8. The van der Waals surface area contributed by atoms with Gasteiger partial charge in [0.15, 0.2) is 4.77 Å². The van der Waals surface area contributed by atoms with Crippen LogP contribution in [0.15, 0.2) is 65.1 Å². The SMILES string of the molecule is S=c1[nH]c2ccccc2n1-c1ccc(Br)c2ccccc12. The number of benzene rings is 3. The number of halogens is 1. The van der Waals surface area contributed by atoms with E-state index in [-0.39, 0.29) is 0 Å². The summed E-state index contributed by atoms with van der Waals surface area (Å²) in [6.45, 7) is 0. The van der Waals surface area contributed by atoms with E-state index in [0.717, 1.165) is 21.2 Å². The van der Waals surface area contributed by atoms with Gasteiger partial charge >= 0.3 is 0 Å². The molecule has 0 spiro atoms. The van der Waals surface area contributed by atoms with Crippen molar-refractivity contribution >= 4 is 50.0 Å². The first-order chi connectivity index (χ1) is 10.3. The molecule has 0 aliphatic heterocycles. The number of para-hydroxylation sites is 2. The molecule has 1 heterocycles. The van der Waals surface area contributed by atoms with Gasteiger partial charge in [-0.25, -0.2) is 0 Å². The summed E-state index contributed by atoms with van der Waals surface area (Å²) in [6, 6.07) is 20.7. The number of fused-ring (bicyclic) bond motifs is 2. The normalized spacial score (nSPS) is 11.3. The van der Waals surface area contributed by atoms with E-state index in [9.17, 15) is 0 Å². The predicted octanol–water partition coefficient (Wildman–Crippen LogP) is 5.60. The van der Waals surface area contributed by atoms with Crippen molar-refractivity contribution in [3.8, 4) is 5.69 Å². The zero-order chi connectivity index (χ0) is 14.4. The Bertz CT molecular complexity index is 1030. The van der Waals surface area contributed by atoms with E-state index in [4.69, 9.17) is 12.2 Å². The molecule has 3 aromatic carbocycles. The minimum atomic E-state index is 0.712. The van der Waals surface area contributed by atoms with Crippen LogP contribution in [-0.4, -0.2) is 9.55 Å². The lowest BCUT2D eigenvalue weighted by atomic mass is 10.1. The molecule has 1 N–H and O–H groups in total. The van der Waals surface area contributed by atoms with E-state index in [1.54, 1.807) is 0 Å². The minimum absolute atomic E-state index is 0.712. The Morgan fingerprint density at radius 2 is 1.57 bits per heavy atom. The summed E-state index contributed by atoms with van der Waals surface area (Å²) in [4.78, 5) is 3.27. The molecule has 2 nitrogen and oxygen atoms in total. The summed E-state index contributed by atoms with van der Waals surface area (Å²) in [7, 11) is 0. The Morgan fingerprint density at radius 1 is 0.857 bits per heavy atom. The van der Waals surface area contributed by atoms with Crippen LogP contribution in [0.25, 0.3) is 27.5 Å². The van der Waals surface area contributed by atoms with E-state index in [2.05, 4.69) is 61.9 Å². The number of aromatic nitrogens is 2. The van der Waals surface area contributed by atoms with Gasteiger partial charge in [0, 0.05) is 9.86 Å². The number of hydrogen-bond acceptors (Lipinski definition) is 1. The fourth-order valence-corrected chi connectivity index (χ4v) is 3.52. The third-order valence-electron chi connectivity index (χ3n) is 3.68. The highest BCUT2D eigenvalue weighted by molar-refractivity contribution is 9.10. The molecular weight excluding hydrogens is 344 g/mol. The van der Waals surface area contributed by atoms with Crippen molar-refractivity contribution in [3.63, 3.8) is 0 Å². The fraction of sp³-hybridized carbons (Fsp3) is 0. The first-order valence-corrected chi connectivity index (χ1v) is 7.83. The molecule has 4 rings (SSSR count). The zero-order valence-electron chi connectivity index (χ0n) is 11.0. The molecule has 21 heavy (non-hydrogen) atoms. The Kier molecular flexibility index (Phi) is 2.94. The second kappa shape index (κ2) is 4.83. The van der Waals surface area contributed by atoms with Crippen molar-refractivity contribution < 1.29 is 0 Å². The highest BCUT2D eigenvalue weighted by atomic mass is 79.9. The van der Waals surface area contributed by atoms with E-state index < -0.39 is 0 Å². The Hall–Kier alpha value is -1.91. The van der Waals surface area contributed by atoms with Crippen LogP contribution < -0.4 is 0 Å². The van der Waals surface area contributed by atoms with Gasteiger partial charge in [0.25, 0.3) is 0 Å². The summed E-state index contributed by atoms with van der Waals surface area (Å²) in [5.74, 6) is 0. The lowest BCUT2D eigenvalue weighted by Crippen LogP contribution is -1.95. The highest BCUT2D eigenvalue weighted by Gasteiger charge is 2.10. The molecule has 102 valence electrons. The molecule has 0 unspecified atom stereocenters. The van der Waals surface area contributed by atoms with Gasteiger partial charge in [-0.1, -0.05) is 52.3 Å². The number of H-pyrrole nitrogens is 1. The standard InChI is InChI=1S/C17H11BrN2S/c18-13-9-10-15(12-6-2-1-5-11(12)13)20-16-8-4-3-7-14(16)19-17(20)21/h1-10H,(H,19,21). The van der Waals surface area contributed by atoms with Gasteiger partial charge < -0.3 is 4.98 Å². The number of hydrogen-bond donors (Lipinski definition) is 1. The molecule has 1 aromatic heterocycles. The molecule has 4 heteroatoms. The van der Waals surface area contributed by atoms with Crippen LogP contribution in [0.5, 0.6) is 0 Å². The van der Waals surface area contributed by atoms with Crippen LogP contribution in [0.2, 0.25) is 0 Å². The summed E-state index contributed by atoms with van der Waals surface area (Å²) < 4.78 is 3.90. The smallest absolute Gasteiger partial charge is 0.182 e. The predicted molar refractivity (Wildman–Crippen MR) is 93.7 cm³/mol. The maximum Gasteiger partial charge on any atom is 0.182 e. The first-order valence-electron chi connectivity index (χ1n) is 6.63. The average molecular weight is 355 g/mol. The molecule has 0 fully saturated rings. The van der Waals surface area contributed by atoms with Crippen molar-refractivity contribution in [1.29, 1.82) is 0 Å². The molecular formula is C17H11BrN2S. The van der Waals surface area contributed by atoms with Gasteiger partial charge in [-0.15, -0.1) is 0 Å². The van der Waals surface area contributed by atoms with E-state index >= 15 is 0 Å². The molecule has 0 amide bonds. The van der Waals surface area contributed by atoms with Gasteiger partial charge in [-0.05, 0) is 41.9 Å². The topological polar surface area (TPSA) is 20.7 Å². The molecule has 0 radical (unpaired) electrons. The van der Waals surface area contributed by atoms with Crippen LogP contribution in [0.4, 0.5) is 0 Å². The Labute approximate surface area is 135 Å². The number of aromatic amines is 1. The van der Waals surface area contributed by atoms with Crippen molar-refractivity contribution in [2.45, 2.75) is 0 Å². The third-order valence-corrected chi connectivity index (χ3v) is 4.65. The van der Waals surface area contributed by atoms with Crippen LogP contribution in [0, 0.1) is 4.77 Å². The van der Waals surface area contributed by atoms with Gasteiger partial charge in [0.05, 0.1) is 16.7 Å². The molecule has 0 saturated heterocycles. The van der Waals surface area contributed by atoms with Crippen molar-refractivity contribution in [2.75, 3.05) is 0 Å². The quantitative estimate of drug-likeness (QED) is 0.441. The van der Waals surface area contributed by atoms with Crippen molar-refractivity contribution in [2.24, 2.45) is 0 Å². The third kappa shape index (κ3) is 1.94. The molecule has 0 aliphatic carbocycles. The molecule has 0 aliphatic rings. The Morgan fingerprint density at radius 3 is 2.43 bits per heavy atom. The summed E-state index contributed by atoms with van der Waals surface area (Å²) in [5, 5.41) is 2.36. The van der Waals surface area contributed by atoms with Gasteiger partial charge in [-0.2, -0.15) is 0 Å². The summed E-state index contributed by atoms with van der Waals surface area (Å²) in [5.41, 5.74) is 3.24. The summed E-state index contributed by atoms with van der Waals surface area (Å²) in [6.07, 6.45) is 0. The number of rotatable bonds is 1. The van der Waals surface area contributed by atoms with Gasteiger partial charge in [0.2, 0.25) is 0 Å². The maximum atomic E-state index is 5.53. The zero-order valence-corrected chi connectivity index (χ0v) is 13.4. The second-order valence-corrected chi connectivity index (χ2v) is 6.14. The largest absolute Gasteiger partial charge is 0.330 e. The second-order valence-electron chi connectivity index (χ2n) is 4.89. The Balaban J connectivity index is 2.17. The number of imidazole rings is 1. The van der Waals surface area contributed by atoms with Crippen LogP contribution in [0.3, 0.4) is 0 Å². The molecule has 0 bridgehead atoms. The monoisotopic (exact) mass is 354 g/mol. The molecule has 4 aromatic rings. The average Bonchev–Trinajstić information content (AvgIpc) is 2.84. The van der Waals surface area contributed by atoms with E-state index in [1.165, 1.54) is 10.8 Å². The van der Waals surface area contributed by atoms with E-state index in [1.807, 2.05) is 24.3 Å². The van der Waals surface area contributed by atoms with Crippen LogP contribution in [0.1, 0.15) is 0 Å². The fourth-order valence-electron chi connectivity index (χ4n) is 2.74. The lowest BCUT2D eigenvalue weighted by molar-refractivity contribution is 1.08. The summed E-state index contributed by atoms with van der Waals surface area (Å²) >= 11 is 9.15. The van der Waals surface area contributed by atoms with Crippen LogP contribution >= 0.6 is 28.1 Å². The van der Waals surface area contributed by atoms with Gasteiger partial charge in [-0.3, -0.25) is 4.57 Å². The molecule has 0 saturated carbocycles. The number of nitrogens with zero attached hydrogens (tertiary/aromatic N) is 1. The van der Waals surface area contributed by atoms with Crippen LogP contribution in [-0.2, 0) is 0 Å².